The fourth-order valence-corrected chi connectivity index (χ4v) is 1.97. The second-order valence-electron chi connectivity index (χ2n) is 3.95. The zero-order valence-electron chi connectivity index (χ0n) is 10.1. The van der Waals surface area contributed by atoms with E-state index in [4.69, 9.17) is 16.3 Å². The largest absolute Gasteiger partial charge is 0.488 e. The summed E-state index contributed by atoms with van der Waals surface area (Å²) in [5.74, 6) is 0.441. The molecule has 2 aromatic carbocycles. The zero-order chi connectivity index (χ0) is 13.0. The number of benzene rings is 2. The summed E-state index contributed by atoms with van der Waals surface area (Å²) in [6.07, 6.45) is 0.876. The summed E-state index contributed by atoms with van der Waals surface area (Å²) in [6.45, 7) is 2.20. The third-order valence-corrected chi connectivity index (χ3v) is 3.14. The van der Waals surface area contributed by atoms with Crippen molar-refractivity contribution in [3.63, 3.8) is 0 Å². The summed E-state index contributed by atoms with van der Waals surface area (Å²) in [6, 6.07) is 12.4. The van der Waals surface area contributed by atoms with Gasteiger partial charge in [-0.25, -0.2) is 4.39 Å². The fraction of sp³-hybridized carbons (Fsp3) is 0.200. The van der Waals surface area contributed by atoms with Crippen molar-refractivity contribution < 1.29 is 9.13 Å². The van der Waals surface area contributed by atoms with Crippen LogP contribution < -0.4 is 4.74 Å². The summed E-state index contributed by atoms with van der Waals surface area (Å²) >= 11 is 5.95. The van der Waals surface area contributed by atoms with Crippen LogP contribution in [0.1, 0.15) is 18.1 Å². The van der Waals surface area contributed by atoms with E-state index in [9.17, 15) is 4.39 Å². The first-order valence-electron chi connectivity index (χ1n) is 5.86. The van der Waals surface area contributed by atoms with Gasteiger partial charge < -0.3 is 4.74 Å². The lowest BCUT2D eigenvalue weighted by Gasteiger charge is -2.11. The highest BCUT2D eigenvalue weighted by Gasteiger charge is 2.08. The summed E-state index contributed by atoms with van der Waals surface area (Å²) in [4.78, 5) is 0. The second-order valence-corrected chi connectivity index (χ2v) is 4.36. The summed E-state index contributed by atoms with van der Waals surface area (Å²) in [5.41, 5.74) is 1.50. The molecule has 0 saturated heterocycles. The van der Waals surface area contributed by atoms with Crippen LogP contribution in [0.25, 0.3) is 0 Å². The molecular weight excluding hydrogens is 251 g/mol. The van der Waals surface area contributed by atoms with Gasteiger partial charge in [0.1, 0.15) is 18.2 Å². The molecule has 0 aliphatic rings. The van der Waals surface area contributed by atoms with Gasteiger partial charge in [-0.1, -0.05) is 42.8 Å². The minimum Gasteiger partial charge on any atom is -0.488 e. The molecule has 0 amide bonds. The van der Waals surface area contributed by atoms with Crippen molar-refractivity contribution >= 4 is 11.6 Å². The molecule has 0 unspecified atom stereocenters. The smallest absolute Gasteiger partial charge is 0.131 e. The number of para-hydroxylation sites is 1. The Labute approximate surface area is 111 Å². The van der Waals surface area contributed by atoms with Crippen LogP contribution in [-0.4, -0.2) is 0 Å². The third kappa shape index (κ3) is 2.82. The van der Waals surface area contributed by atoms with E-state index in [0.717, 1.165) is 17.7 Å². The van der Waals surface area contributed by atoms with E-state index >= 15 is 0 Å². The Morgan fingerprint density at radius 3 is 2.61 bits per heavy atom. The molecule has 0 aliphatic carbocycles. The van der Waals surface area contributed by atoms with Gasteiger partial charge in [0.25, 0.3) is 0 Å². The van der Waals surface area contributed by atoms with Crippen LogP contribution in [0.15, 0.2) is 42.5 Å². The highest BCUT2D eigenvalue weighted by molar-refractivity contribution is 6.31. The van der Waals surface area contributed by atoms with E-state index in [1.54, 1.807) is 12.1 Å². The van der Waals surface area contributed by atoms with E-state index in [2.05, 4.69) is 6.92 Å². The fourth-order valence-electron chi connectivity index (χ4n) is 1.76. The Morgan fingerprint density at radius 1 is 1.11 bits per heavy atom. The number of ether oxygens (including phenoxy) is 1. The van der Waals surface area contributed by atoms with E-state index in [1.165, 1.54) is 6.07 Å². The molecule has 0 aliphatic heterocycles. The third-order valence-electron chi connectivity index (χ3n) is 2.79. The van der Waals surface area contributed by atoms with Gasteiger partial charge in [0.05, 0.1) is 5.02 Å². The Hall–Kier alpha value is -1.54. The topological polar surface area (TPSA) is 9.23 Å². The molecule has 0 radical (unpaired) electrons. The van der Waals surface area contributed by atoms with Crippen LogP contribution in [0.5, 0.6) is 5.75 Å². The van der Waals surface area contributed by atoms with Crippen molar-refractivity contribution in [1.29, 1.82) is 0 Å². The molecule has 0 bridgehead atoms. The quantitative estimate of drug-likeness (QED) is 0.783. The number of hydrogen-bond acceptors (Lipinski definition) is 1. The number of rotatable bonds is 4. The number of halogens is 2. The average molecular weight is 265 g/mol. The van der Waals surface area contributed by atoms with Crippen molar-refractivity contribution in [2.45, 2.75) is 20.0 Å². The van der Waals surface area contributed by atoms with Gasteiger partial charge in [0, 0.05) is 5.56 Å². The van der Waals surface area contributed by atoms with E-state index < -0.39 is 0 Å². The van der Waals surface area contributed by atoms with Gasteiger partial charge in [-0.15, -0.1) is 0 Å². The van der Waals surface area contributed by atoms with Gasteiger partial charge in [-0.05, 0) is 30.2 Å². The summed E-state index contributed by atoms with van der Waals surface area (Å²) in [5, 5.41) is 0.393. The van der Waals surface area contributed by atoms with Crippen LogP contribution in [0.4, 0.5) is 4.39 Å². The maximum atomic E-state index is 13.6. The maximum Gasteiger partial charge on any atom is 0.131 e. The normalized spacial score (nSPS) is 10.4. The molecule has 2 rings (SSSR count). The standard InChI is InChI=1S/C15H14ClFO/c1-2-11-6-3-4-9-15(11)18-10-12-13(16)7-5-8-14(12)17/h3-9H,2,10H2,1H3. The lowest BCUT2D eigenvalue weighted by Crippen LogP contribution is -2.01. The Balaban J connectivity index is 2.16. The predicted octanol–water partition coefficient (Wildman–Crippen LogP) is 4.62. The van der Waals surface area contributed by atoms with Crippen molar-refractivity contribution in [3.8, 4) is 5.75 Å². The van der Waals surface area contributed by atoms with Crippen LogP contribution in [0.2, 0.25) is 5.02 Å². The molecule has 2 aromatic rings. The average Bonchev–Trinajstić information content (AvgIpc) is 2.38. The minimum atomic E-state index is -0.337. The molecule has 94 valence electrons. The van der Waals surface area contributed by atoms with Crippen molar-refractivity contribution in [2.24, 2.45) is 0 Å². The van der Waals surface area contributed by atoms with Crippen LogP contribution >= 0.6 is 11.6 Å². The van der Waals surface area contributed by atoms with Gasteiger partial charge in [-0.2, -0.15) is 0 Å². The molecule has 0 N–H and O–H groups in total. The molecule has 0 spiro atoms. The van der Waals surface area contributed by atoms with Gasteiger partial charge >= 0.3 is 0 Å². The van der Waals surface area contributed by atoms with Gasteiger partial charge in [0.15, 0.2) is 0 Å². The van der Waals surface area contributed by atoms with Crippen molar-refractivity contribution in [3.05, 3.63) is 64.4 Å². The first-order valence-corrected chi connectivity index (χ1v) is 6.23. The first kappa shape index (κ1) is 12.9. The predicted molar refractivity (Wildman–Crippen MR) is 71.6 cm³/mol. The first-order chi connectivity index (χ1) is 8.72. The number of aryl methyl sites for hydroxylation is 1. The highest BCUT2D eigenvalue weighted by atomic mass is 35.5. The molecule has 0 heterocycles. The van der Waals surface area contributed by atoms with Crippen LogP contribution in [0.3, 0.4) is 0 Å². The monoisotopic (exact) mass is 264 g/mol. The molecular formula is C15H14ClFO. The maximum absolute atomic E-state index is 13.6. The lowest BCUT2D eigenvalue weighted by atomic mass is 10.1. The Bertz CT molecular complexity index is 520. The molecule has 18 heavy (non-hydrogen) atoms. The Morgan fingerprint density at radius 2 is 1.89 bits per heavy atom. The van der Waals surface area contributed by atoms with Crippen molar-refractivity contribution in [2.75, 3.05) is 0 Å². The van der Waals surface area contributed by atoms with Crippen LogP contribution in [-0.2, 0) is 13.0 Å². The Kier molecular flexibility index (Phi) is 4.21. The lowest BCUT2D eigenvalue weighted by molar-refractivity contribution is 0.297. The summed E-state index contributed by atoms with van der Waals surface area (Å²) in [7, 11) is 0. The molecule has 0 saturated carbocycles. The molecule has 0 aromatic heterocycles. The zero-order valence-corrected chi connectivity index (χ0v) is 10.9. The second kappa shape index (κ2) is 5.87. The van der Waals surface area contributed by atoms with E-state index in [-0.39, 0.29) is 12.4 Å². The summed E-state index contributed by atoms with van der Waals surface area (Å²) < 4.78 is 19.2. The molecule has 0 atom stereocenters. The van der Waals surface area contributed by atoms with Crippen LogP contribution in [0, 0.1) is 5.82 Å². The van der Waals surface area contributed by atoms with Crippen molar-refractivity contribution in [1.82, 2.24) is 0 Å². The molecule has 0 fully saturated rings. The van der Waals surface area contributed by atoms with E-state index in [0.29, 0.717) is 10.6 Å². The van der Waals surface area contributed by atoms with E-state index in [1.807, 2.05) is 24.3 Å². The number of hydrogen-bond donors (Lipinski definition) is 0. The van der Waals surface area contributed by atoms with Gasteiger partial charge in [0.2, 0.25) is 0 Å². The molecule has 1 nitrogen and oxygen atoms in total. The SMILES string of the molecule is CCc1ccccc1OCc1c(F)cccc1Cl. The molecule has 3 heteroatoms. The van der Waals surface area contributed by atoms with Gasteiger partial charge in [-0.3, -0.25) is 0 Å². The minimum absolute atomic E-state index is 0.141. The highest BCUT2D eigenvalue weighted by Crippen LogP contribution is 2.23.